The van der Waals surface area contributed by atoms with E-state index in [-0.39, 0.29) is 22.1 Å². The molecule has 6 nitrogen and oxygen atoms in total. The van der Waals surface area contributed by atoms with E-state index in [9.17, 15) is 9.59 Å². The zero-order chi connectivity index (χ0) is 23.5. The van der Waals surface area contributed by atoms with Crippen molar-refractivity contribution in [2.24, 2.45) is 0 Å². The molecule has 2 aliphatic rings. The first-order valence-corrected chi connectivity index (χ1v) is 13.6. The van der Waals surface area contributed by atoms with Crippen LogP contribution in [0.15, 0.2) is 56.8 Å². The Balaban J connectivity index is 1.45. The SMILES string of the molecule is Cc1cc(=O)c(C(=O)NCCCN2CCOCC2)c2n1-c1ccccc1SC(c1ccsc1)C2. The molecule has 1 N–H and O–H groups in total. The van der Waals surface area contributed by atoms with Crippen molar-refractivity contribution < 1.29 is 9.53 Å². The van der Waals surface area contributed by atoms with Crippen molar-refractivity contribution in [2.45, 2.75) is 29.9 Å². The predicted octanol–water partition coefficient (Wildman–Crippen LogP) is 4.05. The van der Waals surface area contributed by atoms with E-state index < -0.39 is 0 Å². The van der Waals surface area contributed by atoms with Crippen molar-refractivity contribution >= 4 is 29.0 Å². The summed E-state index contributed by atoms with van der Waals surface area (Å²) in [6, 6.07) is 12.0. The second-order valence-corrected chi connectivity index (χ2v) is 10.7. The number of hydrogen-bond acceptors (Lipinski definition) is 6. The minimum atomic E-state index is -0.274. The third kappa shape index (κ3) is 4.86. The number of fused-ring (bicyclic) bond motifs is 3. The van der Waals surface area contributed by atoms with E-state index in [1.165, 1.54) is 5.56 Å². The molecule has 0 aliphatic carbocycles. The van der Waals surface area contributed by atoms with E-state index in [4.69, 9.17) is 4.74 Å². The van der Waals surface area contributed by atoms with Crippen molar-refractivity contribution in [3.8, 4) is 5.69 Å². The fourth-order valence-corrected chi connectivity index (χ4v) is 6.81. The van der Waals surface area contributed by atoms with Crippen LogP contribution in [-0.4, -0.2) is 54.8 Å². The maximum atomic E-state index is 13.4. The van der Waals surface area contributed by atoms with Gasteiger partial charge in [-0.3, -0.25) is 14.5 Å². The lowest BCUT2D eigenvalue weighted by Gasteiger charge is -2.26. The van der Waals surface area contributed by atoms with Crippen LogP contribution in [0.25, 0.3) is 5.69 Å². The number of nitrogens with one attached hydrogen (secondary N) is 1. The van der Waals surface area contributed by atoms with Crippen LogP contribution in [0.5, 0.6) is 0 Å². The van der Waals surface area contributed by atoms with Crippen LogP contribution in [-0.2, 0) is 11.2 Å². The van der Waals surface area contributed by atoms with Gasteiger partial charge < -0.3 is 14.6 Å². The molecular weight excluding hydrogens is 466 g/mol. The van der Waals surface area contributed by atoms with E-state index in [1.54, 1.807) is 29.2 Å². The number of morpholine rings is 1. The molecule has 1 saturated heterocycles. The quantitative estimate of drug-likeness (QED) is 0.523. The monoisotopic (exact) mass is 495 g/mol. The number of ether oxygens (including phenoxy) is 1. The highest BCUT2D eigenvalue weighted by atomic mass is 32.2. The van der Waals surface area contributed by atoms with Crippen molar-refractivity contribution in [3.63, 3.8) is 0 Å². The van der Waals surface area contributed by atoms with E-state index in [0.29, 0.717) is 13.0 Å². The molecule has 1 fully saturated rings. The van der Waals surface area contributed by atoms with E-state index >= 15 is 0 Å². The Kier molecular flexibility index (Phi) is 7.20. The van der Waals surface area contributed by atoms with Crippen molar-refractivity contribution in [2.75, 3.05) is 39.4 Å². The summed E-state index contributed by atoms with van der Waals surface area (Å²) in [5, 5.41) is 7.41. The molecule has 0 bridgehead atoms. The number of pyridine rings is 1. The minimum Gasteiger partial charge on any atom is -0.379 e. The van der Waals surface area contributed by atoms with Crippen molar-refractivity contribution in [1.82, 2.24) is 14.8 Å². The average molecular weight is 496 g/mol. The highest BCUT2D eigenvalue weighted by molar-refractivity contribution is 7.99. The summed E-state index contributed by atoms with van der Waals surface area (Å²) in [5.41, 5.74) is 3.97. The molecule has 2 aromatic heterocycles. The third-order valence-electron chi connectivity index (χ3n) is 6.43. The molecule has 5 rings (SSSR count). The summed E-state index contributed by atoms with van der Waals surface area (Å²) in [6.45, 7) is 6.80. The van der Waals surface area contributed by atoms with Crippen LogP contribution < -0.4 is 10.7 Å². The van der Waals surface area contributed by atoms with Crippen LogP contribution in [0.4, 0.5) is 0 Å². The summed E-state index contributed by atoms with van der Waals surface area (Å²) in [5.74, 6) is -0.274. The van der Waals surface area contributed by atoms with E-state index in [1.807, 2.05) is 19.1 Å². The molecule has 178 valence electrons. The third-order valence-corrected chi connectivity index (χ3v) is 8.46. The molecule has 3 aromatic rings. The van der Waals surface area contributed by atoms with Crippen LogP contribution in [0.2, 0.25) is 0 Å². The van der Waals surface area contributed by atoms with Gasteiger partial charge in [0.05, 0.1) is 18.9 Å². The fourth-order valence-electron chi connectivity index (χ4n) is 4.74. The average Bonchev–Trinajstić information content (AvgIpc) is 3.32. The number of carbonyl (C=O) groups is 1. The lowest BCUT2D eigenvalue weighted by molar-refractivity contribution is 0.0374. The second kappa shape index (κ2) is 10.5. The van der Waals surface area contributed by atoms with Gasteiger partial charge in [0, 0.05) is 53.7 Å². The summed E-state index contributed by atoms with van der Waals surface area (Å²) >= 11 is 3.47. The molecule has 1 unspecified atom stereocenters. The smallest absolute Gasteiger partial charge is 0.257 e. The highest BCUT2D eigenvalue weighted by Gasteiger charge is 2.29. The van der Waals surface area contributed by atoms with Crippen molar-refractivity contribution in [3.05, 3.63) is 79.9 Å². The highest BCUT2D eigenvalue weighted by Crippen LogP contribution is 2.44. The summed E-state index contributed by atoms with van der Waals surface area (Å²) in [7, 11) is 0. The second-order valence-electron chi connectivity index (χ2n) is 8.71. The van der Waals surface area contributed by atoms with Gasteiger partial charge in [-0.25, -0.2) is 0 Å². The van der Waals surface area contributed by atoms with Crippen LogP contribution in [0.3, 0.4) is 0 Å². The van der Waals surface area contributed by atoms with Gasteiger partial charge in [0.1, 0.15) is 5.56 Å². The Morgan fingerprint density at radius 2 is 2.03 bits per heavy atom. The fraction of sp³-hybridized carbons (Fsp3) is 0.385. The Labute approximate surface area is 207 Å². The number of aryl methyl sites for hydroxylation is 1. The van der Waals surface area contributed by atoms with Crippen molar-refractivity contribution in [1.29, 1.82) is 0 Å². The normalized spacial score (nSPS) is 18.1. The number of hydrogen-bond donors (Lipinski definition) is 1. The lowest BCUT2D eigenvalue weighted by atomic mass is 10.0. The first-order valence-electron chi connectivity index (χ1n) is 11.7. The number of carbonyl (C=O) groups excluding carboxylic acids is 1. The molecule has 1 aromatic carbocycles. The Morgan fingerprint density at radius 3 is 2.82 bits per heavy atom. The zero-order valence-corrected chi connectivity index (χ0v) is 20.9. The number of rotatable bonds is 6. The Hall–Kier alpha value is -2.39. The Morgan fingerprint density at radius 1 is 1.21 bits per heavy atom. The van der Waals surface area contributed by atoms with Gasteiger partial charge in [-0.15, -0.1) is 11.8 Å². The minimum absolute atomic E-state index is 0.134. The predicted molar refractivity (Wildman–Crippen MR) is 138 cm³/mol. The molecule has 0 radical (unpaired) electrons. The van der Waals surface area contributed by atoms with Gasteiger partial charge in [-0.2, -0.15) is 11.3 Å². The summed E-state index contributed by atoms with van der Waals surface area (Å²) in [4.78, 5) is 30.0. The molecule has 4 heterocycles. The van der Waals surface area contributed by atoms with Gasteiger partial charge in [-0.05, 0) is 54.4 Å². The Bertz CT molecular complexity index is 1220. The number of benzene rings is 1. The topological polar surface area (TPSA) is 63.6 Å². The summed E-state index contributed by atoms with van der Waals surface area (Å²) in [6.07, 6.45) is 1.46. The van der Waals surface area contributed by atoms with Gasteiger partial charge in [0.2, 0.25) is 0 Å². The standard InChI is InChI=1S/C26H29N3O3S2/c1-18-15-22(30)25(26(31)27-8-4-9-28-10-12-32-13-11-28)21-16-24(19-7-14-33-17-19)34-23-6-3-2-5-20(23)29(18)21/h2-3,5-7,14-15,17,24H,4,8-13,16H2,1H3,(H,27,31). The van der Waals surface area contributed by atoms with E-state index in [2.05, 4.69) is 43.7 Å². The van der Waals surface area contributed by atoms with Gasteiger partial charge in [0.25, 0.3) is 5.91 Å². The molecule has 0 saturated carbocycles. The number of amides is 1. The molecule has 2 aliphatic heterocycles. The molecule has 0 spiro atoms. The van der Waals surface area contributed by atoms with Gasteiger partial charge in [-0.1, -0.05) is 12.1 Å². The number of nitrogens with zero attached hydrogens (tertiary/aromatic N) is 2. The molecular formula is C26H29N3O3S2. The summed E-state index contributed by atoms with van der Waals surface area (Å²) < 4.78 is 7.51. The molecule has 1 amide bonds. The number of thiophene rings is 1. The van der Waals surface area contributed by atoms with Crippen LogP contribution >= 0.6 is 23.1 Å². The number of aromatic nitrogens is 1. The first-order chi connectivity index (χ1) is 16.6. The zero-order valence-electron chi connectivity index (χ0n) is 19.3. The molecule has 34 heavy (non-hydrogen) atoms. The van der Waals surface area contributed by atoms with Crippen LogP contribution in [0, 0.1) is 6.92 Å². The molecule has 1 atom stereocenters. The number of para-hydroxylation sites is 1. The van der Waals surface area contributed by atoms with E-state index in [0.717, 1.165) is 61.2 Å². The largest absolute Gasteiger partial charge is 0.379 e. The van der Waals surface area contributed by atoms with Gasteiger partial charge >= 0.3 is 0 Å². The number of thioether (sulfide) groups is 1. The van der Waals surface area contributed by atoms with Gasteiger partial charge in [0.15, 0.2) is 5.43 Å². The molecule has 8 heteroatoms. The van der Waals surface area contributed by atoms with Crippen LogP contribution in [0.1, 0.15) is 39.0 Å². The lowest BCUT2D eigenvalue weighted by Crippen LogP contribution is -2.38. The first kappa shape index (κ1) is 23.4. The maximum absolute atomic E-state index is 13.4. The maximum Gasteiger partial charge on any atom is 0.257 e.